The summed E-state index contributed by atoms with van der Waals surface area (Å²) in [6, 6.07) is 9.77. The Hall–Kier alpha value is -3.39. The van der Waals surface area contributed by atoms with Crippen LogP contribution in [-0.2, 0) is 6.42 Å². The van der Waals surface area contributed by atoms with Crippen LogP contribution in [0, 0.1) is 6.92 Å². The van der Waals surface area contributed by atoms with Crippen molar-refractivity contribution >= 4 is 39.9 Å². The Morgan fingerprint density at radius 1 is 1.13 bits per heavy atom. The van der Waals surface area contributed by atoms with Crippen molar-refractivity contribution in [2.24, 2.45) is 0 Å². The zero-order chi connectivity index (χ0) is 20.7. The minimum Gasteiger partial charge on any atom is -0.497 e. The van der Waals surface area contributed by atoms with Gasteiger partial charge in [-0.1, -0.05) is 6.07 Å². The van der Waals surface area contributed by atoms with Crippen LogP contribution in [0.1, 0.15) is 39.0 Å². The van der Waals surface area contributed by atoms with Crippen LogP contribution in [-0.4, -0.2) is 32.8 Å². The van der Waals surface area contributed by atoms with E-state index >= 15 is 0 Å². The van der Waals surface area contributed by atoms with Gasteiger partial charge in [-0.3, -0.25) is 10.1 Å². The summed E-state index contributed by atoms with van der Waals surface area (Å²) in [7, 11) is 1.63. The zero-order valence-electron chi connectivity index (χ0n) is 16.5. The Bertz CT molecular complexity index is 1260. The number of rotatable bonds is 4. The molecule has 150 valence electrons. The number of aryl methyl sites for hydroxylation is 1. The molecule has 0 saturated heterocycles. The minimum absolute atomic E-state index is 0.0907. The molecule has 7 nitrogen and oxygen atoms in total. The fourth-order valence-corrected chi connectivity index (χ4v) is 4.60. The van der Waals surface area contributed by atoms with Crippen molar-refractivity contribution in [3.05, 3.63) is 63.7 Å². The summed E-state index contributed by atoms with van der Waals surface area (Å²) < 4.78 is 5.28. The summed E-state index contributed by atoms with van der Waals surface area (Å²) in [6.45, 7) is 1.92. The predicted molar refractivity (Wildman–Crippen MR) is 116 cm³/mol. The highest BCUT2D eigenvalue weighted by Crippen LogP contribution is 2.34. The Morgan fingerprint density at radius 3 is 2.83 bits per heavy atom. The summed E-state index contributed by atoms with van der Waals surface area (Å²) >= 11 is 1.68. The van der Waals surface area contributed by atoms with Crippen LogP contribution < -0.4 is 10.1 Å². The smallest absolute Gasteiger partial charge is 0.230 e. The van der Waals surface area contributed by atoms with Crippen molar-refractivity contribution < 1.29 is 9.53 Å². The van der Waals surface area contributed by atoms with Gasteiger partial charge in [0.15, 0.2) is 5.78 Å². The lowest BCUT2D eigenvalue weighted by molar-refractivity contribution is 0.0963. The number of aromatic nitrogens is 4. The van der Waals surface area contributed by atoms with Gasteiger partial charge in [0.1, 0.15) is 5.75 Å². The number of nitrogens with one attached hydrogen (secondary N) is 1. The maximum atomic E-state index is 12.6. The first-order valence-corrected chi connectivity index (χ1v) is 10.5. The average Bonchev–Trinajstić information content (AvgIpc) is 3.28. The summed E-state index contributed by atoms with van der Waals surface area (Å²) in [6.07, 6.45) is 2.83. The molecule has 1 aliphatic rings. The Labute approximate surface area is 177 Å². The van der Waals surface area contributed by atoms with Crippen molar-refractivity contribution in [2.45, 2.75) is 25.7 Å². The number of anilines is 2. The molecule has 0 aliphatic heterocycles. The lowest BCUT2D eigenvalue weighted by Gasteiger charge is -2.22. The van der Waals surface area contributed by atoms with Gasteiger partial charge in [0.05, 0.1) is 29.6 Å². The Balaban J connectivity index is 1.45. The number of methoxy groups -OCH3 is 1. The van der Waals surface area contributed by atoms with Crippen molar-refractivity contribution in [3.63, 3.8) is 0 Å². The molecule has 0 unspecified atom stereocenters. The van der Waals surface area contributed by atoms with Crippen LogP contribution in [0.2, 0.25) is 0 Å². The first kappa shape index (κ1) is 18.6. The number of nitrogens with zero attached hydrogens (tertiary/aromatic N) is 4. The van der Waals surface area contributed by atoms with E-state index in [0.717, 1.165) is 34.5 Å². The third-order valence-electron chi connectivity index (χ3n) is 5.30. The number of benzene rings is 1. The van der Waals surface area contributed by atoms with Gasteiger partial charge in [-0.15, -0.1) is 11.3 Å². The topological polar surface area (TPSA) is 89.9 Å². The molecule has 3 heterocycles. The number of Topliss-reactive ketones (excluding diaryl/α,β-unsaturated/α-hetero) is 1. The van der Waals surface area contributed by atoms with Crippen LogP contribution in [0.3, 0.4) is 0 Å². The van der Waals surface area contributed by atoms with Gasteiger partial charge in [-0.2, -0.15) is 0 Å². The molecule has 0 fully saturated rings. The second-order valence-corrected chi connectivity index (χ2v) is 8.22. The fraction of sp³-hybridized carbons (Fsp3) is 0.227. The number of thiophene rings is 1. The minimum atomic E-state index is 0.0907. The molecule has 8 heteroatoms. The third kappa shape index (κ3) is 3.39. The molecule has 4 aromatic rings. The first-order chi connectivity index (χ1) is 14.6. The molecule has 0 saturated carbocycles. The molecule has 3 aromatic heterocycles. The van der Waals surface area contributed by atoms with E-state index in [0.29, 0.717) is 23.9 Å². The second kappa shape index (κ2) is 7.46. The molecular weight excluding hydrogens is 398 g/mol. The Morgan fingerprint density at radius 2 is 2.03 bits per heavy atom. The van der Waals surface area contributed by atoms with Crippen LogP contribution in [0.25, 0.3) is 10.9 Å². The van der Waals surface area contributed by atoms with E-state index in [4.69, 9.17) is 4.74 Å². The average molecular weight is 417 g/mol. The molecule has 1 aromatic carbocycles. The molecule has 1 atom stereocenters. The lowest BCUT2D eigenvalue weighted by atomic mass is 9.86. The van der Waals surface area contributed by atoms with E-state index in [2.05, 4.69) is 31.3 Å². The number of ether oxygens (including phenoxy) is 1. The SMILES string of the molecule is COc1ccc2nc(Nc3ncc4c(n3)C[C@H](c3cccs3)CC4=O)nc(C)c2c1. The monoisotopic (exact) mass is 417 g/mol. The van der Waals surface area contributed by atoms with Gasteiger partial charge < -0.3 is 4.74 Å². The van der Waals surface area contributed by atoms with Gasteiger partial charge >= 0.3 is 0 Å². The van der Waals surface area contributed by atoms with Gasteiger partial charge in [0, 0.05) is 28.8 Å². The summed E-state index contributed by atoms with van der Waals surface area (Å²) in [5.74, 6) is 1.83. The highest BCUT2D eigenvalue weighted by atomic mass is 32.1. The summed E-state index contributed by atoms with van der Waals surface area (Å²) in [5.41, 5.74) is 3.00. The van der Waals surface area contributed by atoms with E-state index in [1.165, 1.54) is 4.88 Å². The van der Waals surface area contributed by atoms with E-state index in [-0.39, 0.29) is 11.7 Å². The van der Waals surface area contributed by atoms with E-state index in [1.54, 1.807) is 24.6 Å². The largest absolute Gasteiger partial charge is 0.497 e. The maximum Gasteiger partial charge on any atom is 0.230 e. The van der Waals surface area contributed by atoms with Crippen molar-refractivity contribution in [3.8, 4) is 5.75 Å². The number of fused-ring (bicyclic) bond motifs is 2. The lowest BCUT2D eigenvalue weighted by Crippen LogP contribution is -2.20. The third-order valence-corrected chi connectivity index (χ3v) is 6.34. The van der Waals surface area contributed by atoms with Crippen molar-refractivity contribution in [1.29, 1.82) is 0 Å². The quantitative estimate of drug-likeness (QED) is 0.524. The van der Waals surface area contributed by atoms with Crippen molar-refractivity contribution in [2.75, 3.05) is 12.4 Å². The fourth-order valence-electron chi connectivity index (χ4n) is 3.77. The van der Waals surface area contributed by atoms with Gasteiger partial charge in [-0.25, -0.2) is 19.9 Å². The van der Waals surface area contributed by atoms with Gasteiger partial charge in [0.25, 0.3) is 0 Å². The van der Waals surface area contributed by atoms with Crippen LogP contribution in [0.4, 0.5) is 11.9 Å². The first-order valence-electron chi connectivity index (χ1n) is 9.62. The highest BCUT2D eigenvalue weighted by Gasteiger charge is 2.28. The van der Waals surface area contributed by atoms with Crippen LogP contribution in [0.5, 0.6) is 5.75 Å². The Kier molecular flexibility index (Phi) is 4.63. The molecule has 1 N–H and O–H groups in total. The standard InChI is InChI=1S/C22H19N5O2S/c1-12-15-10-14(29-2)5-6-17(15)25-22(24-12)27-21-23-11-16-18(26-21)8-13(9-19(16)28)20-4-3-7-30-20/h3-7,10-11,13H,8-9H2,1-2H3,(H,23,24,25,26,27)/t13-/m0/s1. The molecule has 5 rings (SSSR count). The molecule has 0 bridgehead atoms. The number of hydrogen-bond acceptors (Lipinski definition) is 8. The number of carbonyl (C=O) groups is 1. The van der Waals surface area contributed by atoms with E-state index in [1.807, 2.05) is 36.6 Å². The molecular formula is C22H19N5O2S. The van der Waals surface area contributed by atoms with Crippen LogP contribution in [0.15, 0.2) is 41.9 Å². The van der Waals surface area contributed by atoms with E-state index in [9.17, 15) is 4.79 Å². The molecule has 0 spiro atoms. The maximum absolute atomic E-state index is 12.6. The summed E-state index contributed by atoms with van der Waals surface area (Å²) in [4.78, 5) is 31.8. The number of hydrogen-bond donors (Lipinski definition) is 1. The molecule has 30 heavy (non-hydrogen) atoms. The predicted octanol–water partition coefficient (Wildman–Crippen LogP) is 4.45. The van der Waals surface area contributed by atoms with Gasteiger partial charge in [0.2, 0.25) is 11.9 Å². The van der Waals surface area contributed by atoms with Crippen LogP contribution >= 0.6 is 11.3 Å². The molecule has 0 radical (unpaired) electrons. The molecule has 1 aliphatic carbocycles. The van der Waals surface area contributed by atoms with Gasteiger partial charge in [-0.05, 0) is 43.0 Å². The highest BCUT2D eigenvalue weighted by molar-refractivity contribution is 7.10. The van der Waals surface area contributed by atoms with E-state index < -0.39 is 0 Å². The molecule has 0 amide bonds. The van der Waals surface area contributed by atoms with Crippen molar-refractivity contribution in [1.82, 2.24) is 19.9 Å². The number of ketones is 1. The zero-order valence-corrected chi connectivity index (χ0v) is 17.4. The number of carbonyl (C=O) groups excluding carboxylic acids is 1. The summed E-state index contributed by atoms with van der Waals surface area (Å²) in [5, 5.41) is 6.06. The normalized spacial score (nSPS) is 15.8. The second-order valence-electron chi connectivity index (χ2n) is 7.24.